The van der Waals surface area contributed by atoms with Crippen LogP contribution in [0.4, 0.5) is 0 Å². The number of hydrogen-bond acceptors (Lipinski definition) is 6. The van der Waals surface area contributed by atoms with Crippen LogP contribution in [-0.4, -0.2) is 44.8 Å². The molecule has 132 valence electrons. The lowest BCUT2D eigenvalue weighted by atomic mass is 10.2. The van der Waals surface area contributed by atoms with Gasteiger partial charge in [-0.05, 0) is 30.7 Å². The van der Waals surface area contributed by atoms with Crippen LogP contribution in [-0.2, 0) is 6.54 Å². The van der Waals surface area contributed by atoms with E-state index in [-0.39, 0.29) is 17.6 Å². The van der Waals surface area contributed by atoms with Gasteiger partial charge in [-0.15, -0.1) is 0 Å². The van der Waals surface area contributed by atoms with Crippen LogP contribution in [0.3, 0.4) is 0 Å². The van der Waals surface area contributed by atoms with Gasteiger partial charge >= 0.3 is 0 Å². The normalized spacial score (nSPS) is 16.6. The van der Waals surface area contributed by atoms with Gasteiger partial charge in [0.1, 0.15) is 6.10 Å². The molecular weight excluding hydrogens is 340 g/mol. The van der Waals surface area contributed by atoms with Gasteiger partial charge in [0.05, 0.1) is 0 Å². The van der Waals surface area contributed by atoms with Crippen LogP contribution < -0.4 is 15.6 Å². The number of aromatic nitrogens is 3. The lowest BCUT2D eigenvalue weighted by Crippen LogP contribution is -2.27. The molecule has 1 atom stereocenters. The van der Waals surface area contributed by atoms with E-state index in [4.69, 9.17) is 4.74 Å². The third-order valence-corrected chi connectivity index (χ3v) is 4.92. The van der Waals surface area contributed by atoms with Crippen LogP contribution >= 0.6 is 11.8 Å². The van der Waals surface area contributed by atoms with Crippen molar-refractivity contribution in [1.82, 2.24) is 20.1 Å². The highest BCUT2D eigenvalue weighted by atomic mass is 32.2. The minimum absolute atomic E-state index is 0.144. The Kier molecular flexibility index (Phi) is 6.05. The van der Waals surface area contributed by atoms with Gasteiger partial charge in [0, 0.05) is 48.9 Å². The van der Waals surface area contributed by atoms with Crippen LogP contribution in [0.1, 0.15) is 23.2 Å². The smallest absolute Gasteiger partial charge is 0.266 e. The maximum absolute atomic E-state index is 12.2. The fraction of sp³-hybridized carbons (Fsp3) is 0.412. The molecule has 1 aliphatic rings. The van der Waals surface area contributed by atoms with Gasteiger partial charge in [0.25, 0.3) is 11.5 Å². The standard InChI is InChI=1S/C17H20N4O3S/c22-16-3-1-7-20-21(16)9-2-6-19-17(23)13-4-8-18-15(11-13)24-14-5-10-25-12-14/h1,3-4,7-8,11,14H,2,5-6,9-10,12H2,(H,19,23). The molecule has 25 heavy (non-hydrogen) atoms. The first-order valence-corrected chi connectivity index (χ1v) is 9.38. The molecule has 0 aliphatic carbocycles. The van der Waals surface area contributed by atoms with E-state index in [0.29, 0.717) is 31.0 Å². The summed E-state index contributed by atoms with van der Waals surface area (Å²) in [7, 11) is 0. The fourth-order valence-electron chi connectivity index (χ4n) is 2.48. The Morgan fingerprint density at radius 1 is 1.40 bits per heavy atom. The predicted molar refractivity (Wildman–Crippen MR) is 96.0 cm³/mol. The van der Waals surface area contributed by atoms with E-state index in [1.165, 1.54) is 10.7 Å². The predicted octanol–water partition coefficient (Wildman–Crippen LogP) is 1.34. The monoisotopic (exact) mass is 360 g/mol. The highest BCUT2D eigenvalue weighted by Crippen LogP contribution is 2.22. The highest BCUT2D eigenvalue weighted by Gasteiger charge is 2.18. The summed E-state index contributed by atoms with van der Waals surface area (Å²) in [6.45, 7) is 0.920. The Hall–Kier alpha value is -2.35. The molecule has 0 spiro atoms. The summed E-state index contributed by atoms with van der Waals surface area (Å²) in [6, 6.07) is 6.40. The van der Waals surface area contributed by atoms with Gasteiger partial charge < -0.3 is 10.1 Å². The van der Waals surface area contributed by atoms with E-state index in [2.05, 4.69) is 15.4 Å². The Labute approximate surface area is 149 Å². The first-order valence-electron chi connectivity index (χ1n) is 8.23. The van der Waals surface area contributed by atoms with Crippen LogP contribution in [0.2, 0.25) is 0 Å². The molecule has 2 aromatic heterocycles. The fourth-order valence-corrected chi connectivity index (χ4v) is 3.57. The third-order valence-electron chi connectivity index (χ3n) is 3.79. The topological polar surface area (TPSA) is 86.1 Å². The molecule has 1 saturated heterocycles. The van der Waals surface area contributed by atoms with Gasteiger partial charge in [-0.2, -0.15) is 16.9 Å². The zero-order valence-corrected chi connectivity index (χ0v) is 14.6. The molecule has 1 unspecified atom stereocenters. The van der Waals surface area contributed by atoms with Crippen molar-refractivity contribution in [2.75, 3.05) is 18.1 Å². The van der Waals surface area contributed by atoms with Crippen molar-refractivity contribution in [1.29, 1.82) is 0 Å². The third kappa shape index (κ3) is 5.06. The Balaban J connectivity index is 1.47. The molecule has 0 aromatic carbocycles. The second kappa shape index (κ2) is 8.66. The number of aryl methyl sites for hydroxylation is 1. The van der Waals surface area contributed by atoms with Crippen molar-refractivity contribution in [3.63, 3.8) is 0 Å². The number of rotatable bonds is 7. The molecule has 0 saturated carbocycles. The summed E-state index contributed by atoms with van der Waals surface area (Å²) in [4.78, 5) is 27.9. The number of ether oxygens (including phenoxy) is 1. The average Bonchev–Trinajstić information content (AvgIpc) is 3.13. The molecule has 1 amide bonds. The van der Waals surface area contributed by atoms with Crippen LogP contribution in [0.25, 0.3) is 0 Å². The number of carbonyl (C=O) groups excluding carboxylic acids is 1. The van der Waals surface area contributed by atoms with Crippen molar-refractivity contribution in [3.8, 4) is 5.88 Å². The Bertz CT molecular complexity index is 774. The van der Waals surface area contributed by atoms with E-state index in [0.717, 1.165) is 17.9 Å². The molecule has 1 N–H and O–H groups in total. The van der Waals surface area contributed by atoms with E-state index in [1.807, 2.05) is 11.8 Å². The molecule has 3 rings (SSSR count). The van der Waals surface area contributed by atoms with Gasteiger partial charge in [-0.25, -0.2) is 9.67 Å². The van der Waals surface area contributed by atoms with E-state index in [9.17, 15) is 9.59 Å². The number of carbonyl (C=O) groups is 1. The first kappa shape index (κ1) is 17.5. The maximum atomic E-state index is 12.2. The number of hydrogen-bond donors (Lipinski definition) is 1. The molecule has 8 heteroatoms. The number of nitrogens with one attached hydrogen (secondary N) is 1. The maximum Gasteiger partial charge on any atom is 0.266 e. The van der Waals surface area contributed by atoms with Crippen molar-refractivity contribution in [2.45, 2.75) is 25.5 Å². The quantitative estimate of drug-likeness (QED) is 0.750. The van der Waals surface area contributed by atoms with Gasteiger partial charge in [-0.3, -0.25) is 9.59 Å². The lowest BCUT2D eigenvalue weighted by molar-refractivity contribution is 0.0951. The first-order chi connectivity index (χ1) is 12.2. The van der Waals surface area contributed by atoms with Crippen LogP contribution in [0.15, 0.2) is 41.5 Å². The molecule has 0 bridgehead atoms. The molecule has 2 aromatic rings. The highest BCUT2D eigenvalue weighted by molar-refractivity contribution is 7.99. The number of thioether (sulfide) groups is 1. The minimum atomic E-state index is -0.179. The second-order valence-electron chi connectivity index (χ2n) is 5.68. The largest absolute Gasteiger partial charge is 0.473 e. The van der Waals surface area contributed by atoms with Crippen molar-refractivity contribution < 1.29 is 9.53 Å². The molecule has 7 nitrogen and oxygen atoms in total. The minimum Gasteiger partial charge on any atom is -0.473 e. The number of amides is 1. The number of pyridine rings is 1. The second-order valence-corrected chi connectivity index (χ2v) is 6.83. The van der Waals surface area contributed by atoms with Gasteiger partial charge in [0.2, 0.25) is 5.88 Å². The van der Waals surface area contributed by atoms with Gasteiger partial charge in [0.15, 0.2) is 0 Å². The Morgan fingerprint density at radius 3 is 3.12 bits per heavy atom. The summed E-state index contributed by atoms with van der Waals surface area (Å²) >= 11 is 1.86. The van der Waals surface area contributed by atoms with Crippen molar-refractivity contribution >= 4 is 17.7 Å². The lowest BCUT2D eigenvalue weighted by Gasteiger charge is -2.12. The zero-order valence-electron chi connectivity index (χ0n) is 13.8. The van der Waals surface area contributed by atoms with E-state index < -0.39 is 0 Å². The van der Waals surface area contributed by atoms with Crippen molar-refractivity contribution in [2.24, 2.45) is 0 Å². The summed E-state index contributed by atoms with van der Waals surface area (Å²) < 4.78 is 7.18. The zero-order chi connectivity index (χ0) is 17.5. The average molecular weight is 360 g/mol. The SMILES string of the molecule is O=C(NCCCn1ncccc1=O)c1ccnc(OC2CCSC2)c1. The Morgan fingerprint density at radius 2 is 2.32 bits per heavy atom. The van der Waals surface area contributed by atoms with E-state index >= 15 is 0 Å². The summed E-state index contributed by atoms with van der Waals surface area (Å²) in [5.41, 5.74) is 0.375. The van der Waals surface area contributed by atoms with Crippen LogP contribution in [0.5, 0.6) is 5.88 Å². The van der Waals surface area contributed by atoms with Crippen molar-refractivity contribution in [3.05, 3.63) is 52.6 Å². The molecule has 1 fully saturated rings. The number of nitrogens with zero attached hydrogens (tertiary/aromatic N) is 3. The van der Waals surface area contributed by atoms with E-state index in [1.54, 1.807) is 30.6 Å². The molecule has 0 radical (unpaired) electrons. The summed E-state index contributed by atoms with van der Waals surface area (Å²) in [6.07, 6.45) is 4.96. The molecule has 3 heterocycles. The molecular formula is C17H20N4O3S. The summed E-state index contributed by atoms with van der Waals surface area (Å²) in [5.74, 6) is 2.37. The van der Waals surface area contributed by atoms with Crippen LogP contribution in [0, 0.1) is 0 Å². The van der Waals surface area contributed by atoms with Gasteiger partial charge in [-0.1, -0.05) is 0 Å². The molecule has 1 aliphatic heterocycles. The summed E-state index contributed by atoms with van der Waals surface area (Å²) in [5, 5.41) is 6.82.